The number of fused-ring (bicyclic) bond motifs is 1. The first-order valence-electron chi connectivity index (χ1n) is 12.0. The molecule has 1 saturated heterocycles. The molecule has 2 aromatic heterocycles. The highest BCUT2D eigenvalue weighted by molar-refractivity contribution is 5.81. The Balaban J connectivity index is 1.35. The van der Waals surface area contributed by atoms with E-state index < -0.39 is 0 Å². The number of piperidine rings is 1. The zero-order valence-corrected chi connectivity index (χ0v) is 20.1. The molecule has 1 unspecified atom stereocenters. The molecule has 1 aliphatic heterocycles. The van der Waals surface area contributed by atoms with Crippen molar-refractivity contribution in [3.05, 3.63) is 83.2 Å². The van der Waals surface area contributed by atoms with Crippen molar-refractivity contribution in [2.45, 2.75) is 40.2 Å². The number of hydrogen-bond acceptors (Lipinski definition) is 4. The molecule has 6 nitrogen and oxygen atoms in total. The molecule has 6 heteroatoms. The maximum atomic E-state index is 13.0. The van der Waals surface area contributed by atoms with Crippen LogP contribution in [0.25, 0.3) is 16.8 Å². The zero-order chi connectivity index (χ0) is 23.7. The van der Waals surface area contributed by atoms with E-state index in [2.05, 4.69) is 67.4 Å². The minimum atomic E-state index is -0.0541. The van der Waals surface area contributed by atoms with Crippen LogP contribution < -0.4 is 10.2 Å². The summed E-state index contributed by atoms with van der Waals surface area (Å²) in [4.78, 5) is 19.9. The maximum absolute atomic E-state index is 13.0. The molecule has 2 aromatic carbocycles. The molecule has 3 heterocycles. The van der Waals surface area contributed by atoms with Gasteiger partial charge in [0, 0.05) is 37.6 Å². The van der Waals surface area contributed by atoms with Crippen molar-refractivity contribution in [2.24, 2.45) is 5.92 Å². The number of rotatable bonds is 5. The summed E-state index contributed by atoms with van der Waals surface area (Å²) in [6.45, 7) is 8.42. The van der Waals surface area contributed by atoms with Gasteiger partial charge < -0.3 is 10.2 Å². The van der Waals surface area contributed by atoms with Crippen molar-refractivity contribution in [2.75, 3.05) is 18.0 Å². The van der Waals surface area contributed by atoms with Gasteiger partial charge in [0.05, 0.1) is 11.6 Å². The lowest BCUT2D eigenvalue weighted by Gasteiger charge is -2.33. The van der Waals surface area contributed by atoms with Gasteiger partial charge in [0.25, 0.3) is 0 Å². The molecule has 1 fully saturated rings. The number of carbonyl (C=O) groups is 1. The highest BCUT2D eigenvalue weighted by Gasteiger charge is 2.28. The van der Waals surface area contributed by atoms with E-state index in [-0.39, 0.29) is 11.8 Å². The SMILES string of the molecule is Cc1ccc(-c2cc3c(N4CCCC(C(=O)NCc5ccccc5C)C4)nccn3n2)c(C)c1. The first-order valence-corrected chi connectivity index (χ1v) is 12.0. The summed E-state index contributed by atoms with van der Waals surface area (Å²) in [5, 5.41) is 7.98. The lowest BCUT2D eigenvalue weighted by Crippen LogP contribution is -2.43. The van der Waals surface area contributed by atoms with Gasteiger partial charge >= 0.3 is 0 Å². The number of carbonyl (C=O) groups excluding carboxylic acids is 1. The topological polar surface area (TPSA) is 62.5 Å². The normalized spacial score (nSPS) is 16.1. The van der Waals surface area contributed by atoms with Gasteiger partial charge in [0.15, 0.2) is 5.82 Å². The first kappa shape index (κ1) is 22.1. The largest absolute Gasteiger partial charge is 0.354 e. The second-order valence-electron chi connectivity index (χ2n) is 9.36. The number of nitrogens with one attached hydrogen (secondary N) is 1. The highest BCUT2D eigenvalue weighted by atomic mass is 16.1. The predicted molar refractivity (Wildman–Crippen MR) is 136 cm³/mol. The summed E-state index contributed by atoms with van der Waals surface area (Å²) in [6.07, 6.45) is 5.54. The first-order chi connectivity index (χ1) is 16.5. The van der Waals surface area contributed by atoms with Crippen LogP contribution in [0.5, 0.6) is 0 Å². The van der Waals surface area contributed by atoms with Crippen molar-refractivity contribution in [1.82, 2.24) is 19.9 Å². The van der Waals surface area contributed by atoms with E-state index >= 15 is 0 Å². The third-order valence-electron chi connectivity index (χ3n) is 6.83. The summed E-state index contributed by atoms with van der Waals surface area (Å²) in [7, 11) is 0. The number of anilines is 1. The smallest absolute Gasteiger partial charge is 0.225 e. The van der Waals surface area contributed by atoms with Crippen molar-refractivity contribution in [1.29, 1.82) is 0 Å². The molecule has 4 aromatic rings. The molecule has 0 aliphatic carbocycles. The Bertz CT molecular complexity index is 1340. The van der Waals surface area contributed by atoms with Crippen molar-refractivity contribution >= 4 is 17.2 Å². The third kappa shape index (κ3) is 4.40. The Labute approximate surface area is 200 Å². The molecule has 1 aliphatic rings. The number of hydrogen-bond donors (Lipinski definition) is 1. The van der Waals surface area contributed by atoms with E-state index in [9.17, 15) is 4.79 Å². The van der Waals surface area contributed by atoms with Crippen LogP contribution in [-0.2, 0) is 11.3 Å². The van der Waals surface area contributed by atoms with Crippen LogP contribution in [0.15, 0.2) is 60.9 Å². The standard InChI is InChI=1S/C28H31N5O/c1-19-10-11-24(21(3)15-19)25-16-26-27(29-12-14-33(26)31-25)32-13-6-9-23(18-32)28(34)30-17-22-8-5-4-7-20(22)2/h4-5,7-8,10-12,14-16,23H,6,9,13,17-18H2,1-3H3,(H,30,34). The Morgan fingerprint density at radius 3 is 2.76 bits per heavy atom. The predicted octanol–water partition coefficient (Wildman–Crippen LogP) is 4.85. The fraction of sp³-hybridized carbons (Fsp3) is 0.321. The van der Waals surface area contributed by atoms with Crippen LogP contribution in [-0.4, -0.2) is 33.6 Å². The molecule has 1 atom stereocenters. The average Bonchev–Trinajstić information content (AvgIpc) is 3.27. The van der Waals surface area contributed by atoms with Gasteiger partial charge in [-0.3, -0.25) is 4.79 Å². The number of aryl methyl sites for hydroxylation is 3. The number of aromatic nitrogens is 3. The molecule has 0 spiro atoms. The molecule has 0 radical (unpaired) electrons. The molecule has 0 saturated carbocycles. The summed E-state index contributed by atoms with van der Waals surface area (Å²) in [6, 6.07) is 16.7. The van der Waals surface area contributed by atoms with Crippen LogP contribution >= 0.6 is 0 Å². The van der Waals surface area contributed by atoms with Gasteiger partial charge in [0.2, 0.25) is 5.91 Å². The highest BCUT2D eigenvalue weighted by Crippen LogP contribution is 2.30. The molecule has 5 rings (SSSR count). The monoisotopic (exact) mass is 453 g/mol. The van der Waals surface area contributed by atoms with E-state index in [1.165, 1.54) is 16.7 Å². The lowest BCUT2D eigenvalue weighted by atomic mass is 9.96. The molecule has 0 bridgehead atoms. The van der Waals surface area contributed by atoms with E-state index in [1.54, 1.807) is 6.20 Å². The van der Waals surface area contributed by atoms with Gasteiger partial charge in [-0.2, -0.15) is 5.10 Å². The second-order valence-corrected chi connectivity index (χ2v) is 9.36. The van der Waals surface area contributed by atoms with Crippen LogP contribution in [0.3, 0.4) is 0 Å². The number of nitrogens with zero attached hydrogens (tertiary/aromatic N) is 4. The Morgan fingerprint density at radius 2 is 1.94 bits per heavy atom. The number of amides is 1. The van der Waals surface area contributed by atoms with Gasteiger partial charge in [-0.05, 0) is 56.4 Å². The van der Waals surface area contributed by atoms with Gasteiger partial charge in [-0.1, -0.05) is 48.0 Å². The van der Waals surface area contributed by atoms with E-state index in [0.29, 0.717) is 13.1 Å². The number of benzene rings is 2. The Hall–Kier alpha value is -3.67. The van der Waals surface area contributed by atoms with Crippen LogP contribution in [0.1, 0.15) is 35.1 Å². The average molecular weight is 454 g/mol. The van der Waals surface area contributed by atoms with Gasteiger partial charge in [0.1, 0.15) is 5.52 Å². The van der Waals surface area contributed by atoms with Gasteiger partial charge in [-0.15, -0.1) is 0 Å². The minimum Gasteiger partial charge on any atom is -0.354 e. The van der Waals surface area contributed by atoms with Crippen LogP contribution in [0.2, 0.25) is 0 Å². The van der Waals surface area contributed by atoms with E-state index in [0.717, 1.165) is 47.5 Å². The van der Waals surface area contributed by atoms with Gasteiger partial charge in [-0.25, -0.2) is 9.50 Å². The second kappa shape index (κ2) is 9.29. The summed E-state index contributed by atoms with van der Waals surface area (Å²) in [5.74, 6) is 0.952. The minimum absolute atomic E-state index is 0.0541. The summed E-state index contributed by atoms with van der Waals surface area (Å²) >= 11 is 0. The van der Waals surface area contributed by atoms with Crippen molar-refractivity contribution in [3.63, 3.8) is 0 Å². The lowest BCUT2D eigenvalue weighted by molar-refractivity contribution is -0.125. The maximum Gasteiger partial charge on any atom is 0.225 e. The fourth-order valence-electron chi connectivity index (χ4n) is 4.90. The zero-order valence-electron chi connectivity index (χ0n) is 20.1. The molecule has 34 heavy (non-hydrogen) atoms. The summed E-state index contributed by atoms with van der Waals surface area (Å²) < 4.78 is 1.90. The molecule has 174 valence electrons. The van der Waals surface area contributed by atoms with Crippen LogP contribution in [0, 0.1) is 26.7 Å². The fourth-order valence-corrected chi connectivity index (χ4v) is 4.90. The molecule has 1 amide bonds. The Kier molecular flexibility index (Phi) is 6.05. The third-order valence-corrected chi connectivity index (χ3v) is 6.83. The molecular formula is C28H31N5O. The van der Waals surface area contributed by atoms with Crippen molar-refractivity contribution in [3.8, 4) is 11.3 Å². The van der Waals surface area contributed by atoms with Crippen molar-refractivity contribution < 1.29 is 4.79 Å². The summed E-state index contributed by atoms with van der Waals surface area (Å²) in [5.41, 5.74) is 7.85. The molecular weight excluding hydrogens is 422 g/mol. The van der Waals surface area contributed by atoms with Crippen LogP contribution in [0.4, 0.5) is 5.82 Å². The quantitative estimate of drug-likeness (QED) is 0.469. The molecule has 1 N–H and O–H groups in total. The van der Waals surface area contributed by atoms with E-state index in [1.807, 2.05) is 22.8 Å². The van der Waals surface area contributed by atoms with E-state index in [4.69, 9.17) is 10.1 Å². The Morgan fingerprint density at radius 1 is 1.09 bits per heavy atom.